The second kappa shape index (κ2) is 43.4. The fourth-order valence-corrected chi connectivity index (χ4v) is 5.83. The number of allylic oxidation sites excluding steroid dienone is 4. The molecule has 0 rings (SSSR count). The van der Waals surface area contributed by atoms with Crippen LogP contribution in [0.4, 0.5) is 0 Å². The van der Waals surface area contributed by atoms with Crippen LogP contribution in [0.3, 0.4) is 0 Å². The van der Waals surface area contributed by atoms with E-state index in [0.29, 0.717) is 13.0 Å². The second-order valence-electron chi connectivity index (χ2n) is 14.2. The van der Waals surface area contributed by atoms with Crippen molar-refractivity contribution in [3.05, 3.63) is 24.3 Å². The van der Waals surface area contributed by atoms with Crippen LogP contribution in [0.1, 0.15) is 233 Å². The van der Waals surface area contributed by atoms with Gasteiger partial charge in [-0.3, -0.25) is 9.59 Å². The van der Waals surface area contributed by atoms with Gasteiger partial charge in [0.1, 0.15) is 0 Å². The van der Waals surface area contributed by atoms with Gasteiger partial charge in [-0.1, -0.05) is 180 Å². The topological polar surface area (TPSA) is 63.6 Å². The zero-order valence-corrected chi connectivity index (χ0v) is 32.9. The van der Waals surface area contributed by atoms with Crippen molar-refractivity contribution in [2.24, 2.45) is 5.92 Å². The number of hydrogen-bond donors (Lipinski definition) is 1. The van der Waals surface area contributed by atoms with Crippen molar-refractivity contribution in [3.63, 3.8) is 0 Å². The first-order valence-electron chi connectivity index (χ1n) is 21.2. The Bertz CT molecular complexity index is 698. The van der Waals surface area contributed by atoms with E-state index in [4.69, 9.17) is 9.84 Å². The molecule has 0 radical (unpaired) electrons. The zero-order chi connectivity index (χ0) is 35.6. The summed E-state index contributed by atoms with van der Waals surface area (Å²) in [5.74, 6) is -0.594. The molecular weight excluding hydrogens is 592 g/mol. The Kier molecular flexibility index (Phi) is 43.9. The van der Waals surface area contributed by atoms with Gasteiger partial charge in [0.25, 0.3) is 0 Å². The summed E-state index contributed by atoms with van der Waals surface area (Å²) in [5.41, 5.74) is 0. The maximum absolute atomic E-state index is 12.0. The van der Waals surface area contributed by atoms with Gasteiger partial charge in [-0.05, 0) is 70.6 Å². The molecule has 0 aromatic rings. The van der Waals surface area contributed by atoms with Crippen molar-refractivity contribution in [1.82, 2.24) is 0 Å². The summed E-state index contributed by atoms with van der Waals surface area (Å²) in [7, 11) is 0. The summed E-state index contributed by atoms with van der Waals surface area (Å²) in [6.07, 6.45) is 48.7. The number of esters is 1. The first-order valence-corrected chi connectivity index (χ1v) is 21.2. The van der Waals surface area contributed by atoms with Gasteiger partial charge in [-0.2, -0.15) is 0 Å². The normalized spacial score (nSPS) is 12.0. The quantitative estimate of drug-likeness (QED) is 0.0407. The Morgan fingerprint density at radius 3 is 1.21 bits per heavy atom. The molecule has 284 valence electrons. The summed E-state index contributed by atoms with van der Waals surface area (Å²) in [6.45, 7) is 9.38. The number of carboxylic acids is 1. The summed E-state index contributed by atoms with van der Waals surface area (Å²) < 4.78 is 5.41. The minimum atomic E-state index is -0.664. The molecule has 0 saturated heterocycles. The molecule has 0 saturated carbocycles. The van der Waals surface area contributed by atoms with E-state index >= 15 is 0 Å². The zero-order valence-electron chi connectivity index (χ0n) is 32.9. The lowest BCUT2D eigenvalue weighted by Crippen LogP contribution is -2.15. The van der Waals surface area contributed by atoms with Crippen LogP contribution in [0.2, 0.25) is 0 Å². The molecule has 0 spiro atoms. The molecule has 0 aliphatic carbocycles. The monoisotopic (exact) mass is 677 g/mol. The number of hydrogen-bond acceptors (Lipinski definition) is 3. The lowest BCUT2D eigenvalue weighted by atomic mass is 10.0. The van der Waals surface area contributed by atoms with Crippen molar-refractivity contribution in [1.29, 1.82) is 0 Å². The predicted octanol–water partition coefficient (Wildman–Crippen LogP) is 14.9. The number of ether oxygens (including phenoxy) is 1. The number of carboxylic acid groups (broad SMARTS) is 1. The highest BCUT2D eigenvalue weighted by atomic mass is 16.5. The van der Waals surface area contributed by atoms with Crippen LogP contribution in [-0.2, 0) is 14.3 Å². The average molecular weight is 677 g/mol. The fourth-order valence-electron chi connectivity index (χ4n) is 5.83. The molecule has 0 aliphatic heterocycles. The van der Waals surface area contributed by atoms with Crippen LogP contribution in [0.5, 0.6) is 0 Å². The Hall–Kier alpha value is -1.58. The maximum Gasteiger partial charge on any atom is 0.308 e. The molecule has 0 amide bonds. The van der Waals surface area contributed by atoms with Crippen molar-refractivity contribution in [2.75, 3.05) is 6.61 Å². The highest BCUT2D eigenvalue weighted by Gasteiger charge is 2.13. The van der Waals surface area contributed by atoms with Crippen LogP contribution in [0, 0.1) is 5.92 Å². The van der Waals surface area contributed by atoms with Crippen LogP contribution in [0.25, 0.3) is 0 Å². The Morgan fingerprint density at radius 1 is 0.479 bits per heavy atom. The predicted molar refractivity (Wildman–Crippen MR) is 211 cm³/mol. The van der Waals surface area contributed by atoms with Gasteiger partial charge >= 0.3 is 11.9 Å². The fraction of sp³-hybridized carbons (Fsp3) is 0.864. The summed E-state index contributed by atoms with van der Waals surface area (Å²) in [5, 5.41) is 8.51. The first kappa shape index (κ1) is 48.5. The van der Waals surface area contributed by atoms with Crippen LogP contribution in [-0.4, -0.2) is 23.7 Å². The van der Waals surface area contributed by atoms with Crippen molar-refractivity contribution in [2.45, 2.75) is 233 Å². The highest BCUT2D eigenvalue weighted by molar-refractivity contribution is 5.71. The van der Waals surface area contributed by atoms with Gasteiger partial charge in [-0.15, -0.1) is 0 Å². The summed E-state index contributed by atoms with van der Waals surface area (Å²) in [4.78, 5) is 22.3. The van der Waals surface area contributed by atoms with Crippen LogP contribution < -0.4 is 0 Å². The van der Waals surface area contributed by atoms with Crippen LogP contribution in [0.15, 0.2) is 24.3 Å². The van der Waals surface area contributed by atoms with Gasteiger partial charge in [0, 0.05) is 6.42 Å². The molecule has 4 heteroatoms. The van der Waals surface area contributed by atoms with Crippen molar-refractivity contribution in [3.8, 4) is 0 Å². The molecule has 48 heavy (non-hydrogen) atoms. The van der Waals surface area contributed by atoms with E-state index in [2.05, 4.69) is 45.1 Å². The number of unbranched alkanes of at least 4 members (excludes halogenated alkanes) is 25. The van der Waals surface area contributed by atoms with E-state index in [1.807, 2.05) is 6.92 Å². The lowest BCUT2D eigenvalue weighted by Gasteiger charge is -2.11. The average Bonchev–Trinajstić information content (AvgIpc) is 3.08. The van der Waals surface area contributed by atoms with E-state index in [0.717, 1.165) is 32.1 Å². The first-order chi connectivity index (χ1) is 23.5. The third-order valence-corrected chi connectivity index (χ3v) is 9.20. The number of carbonyl (C=O) groups is 2. The second-order valence-corrected chi connectivity index (χ2v) is 14.2. The van der Waals surface area contributed by atoms with Crippen molar-refractivity contribution >= 4 is 11.9 Å². The van der Waals surface area contributed by atoms with E-state index < -0.39 is 5.97 Å². The molecule has 4 nitrogen and oxygen atoms in total. The largest absolute Gasteiger partial charge is 0.481 e. The van der Waals surface area contributed by atoms with Crippen LogP contribution >= 0.6 is 0 Å². The lowest BCUT2D eigenvalue weighted by molar-refractivity contribution is -0.148. The van der Waals surface area contributed by atoms with Gasteiger partial charge in [0.15, 0.2) is 0 Å². The minimum absolute atomic E-state index is 0.00752. The van der Waals surface area contributed by atoms with Gasteiger partial charge in [0.2, 0.25) is 0 Å². The summed E-state index contributed by atoms with van der Waals surface area (Å²) >= 11 is 0. The molecule has 0 aromatic carbocycles. The molecule has 0 fully saturated rings. The van der Waals surface area contributed by atoms with Gasteiger partial charge in [-0.25, -0.2) is 0 Å². The third kappa shape index (κ3) is 44.4. The molecule has 1 unspecified atom stereocenters. The molecule has 0 aromatic heterocycles. The third-order valence-electron chi connectivity index (χ3n) is 9.20. The van der Waals surface area contributed by atoms with Crippen molar-refractivity contribution < 1.29 is 19.4 Å². The summed E-state index contributed by atoms with van der Waals surface area (Å²) in [6, 6.07) is 0. The van der Waals surface area contributed by atoms with Gasteiger partial charge < -0.3 is 9.84 Å². The number of aliphatic carboxylic acids is 1. The van der Waals surface area contributed by atoms with E-state index in [1.54, 1.807) is 0 Å². The van der Waals surface area contributed by atoms with E-state index in [9.17, 15) is 9.59 Å². The molecule has 1 N–H and O–H groups in total. The van der Waals surface area contributed by atoms with E-state index in [-0.39, 0.29) is 11.9 Å². The van der Waals surface area contributed by atoms with Gasteiger partial charge in [0.05, 0.1) is 12.5 Å². The standard InChI is InChI=1S/C26H50O2.C18H34O2/c1-4-6-8-10-11-12-13-14-15-16-17-18-19-21-23-25(3)26(27)28-24-22-20-9-7-5-2;1-2-3-4-5-6-7-8-9-10-11-12-13-14-15-16-17-18(19)20/h14-15,25H,4-13,16-24H2,1-3H3;9-10H,2-8,11-17H2,1H3,(H,19,20)/b15-14-;10-9-. The smallest absolute Gasteiger partial charge is 0.308 e. The molecule has 0 aliphatic rings. The Morgan fingerprint density at radius 2 is 0.812 bits per heavy atom. The minimum Gasteiger partial charge on any atom is -0.481 e. The number of carbonyl (C=O) groups excluding carboxylic acids is 1. The Balaban J connectivity index is 0. The SMILES string of the molecule is CCCCCCCC/C=C\CCCCCCC(C)C(=O)OCCCCCCC.CCCCCCCC/C=C\CCCCCCCC(=O)O. The Labute approximate surface area is 300 Å². The van der Waals surface area contributed by atoms with E-state index in [1.165, 1.54) is 167 Å². The molecule has 1 atom stereocenters. The molecule has 0 heterocycles. The molecule has 0 bridgehead atoms. The number of rotatable bonds is 36. The molecular formula is C44H84O4. The maximum atomic E-state index is 12.0. The highest BCUT2D eigenvalue weighted by Crippen LogP contribution is 2.14.